The molecule has 0 unspecified atom stereocenters. The van der Waals surface area contributed by atoms with Crippen molar-refractivity contribution in [3.63, 3.8) is 0 Å². The molecule has 15 heavy (non-hydrogen) atoms. The van der Waals surface area contributed by atoms with Crippen molar-refractivity contribution in [3.8, 4) is 0 Å². The highest BCUT2D eigenvalue weighted by Gasteiger charge is 1.99. The van der Waals surface area contributed by atoms with Crippen molar-refractivity contribution in [1.29, 1.82) is 0 Å². The summed E-state index contributed by atoms with van der Waals surface area (Å²) in [6.45, 7) is 12.9. The van der Waals surface area contributed by atoms with Crippen LogP contribution in [0.4, 0.5) is 0 Å². The summed E-state index contributed by atoms with van der Waals surface area (Å²) in [5.41, 5.74) is 2.31. The molecule has 0 aliphatic heterocycles. The Kier molecular flexibility index (Phi) is 14.0. The topological polar surface area (TPSA) is 12.4 Å². The normalized spacial score (nSPS) is 18.0. The van der Waals surface area contributed by atoms with Crippen LogP contribution in [0.1, 0.15) is 41.5 Å². The Morgan fingerprint density at radius 1 is 1.07 bits per heavy atom. The molecule has 0 aromatic heterocycles. The first-order chi connectivity index (χ1) is 7.38. The van der Waals surface area contributed by atoms with Gasteiger partial charge in [0.05, 0.1) is 5.71 Å². The molecule has 0 atom stereocenters. The van der Waals surface area contributed by atoms with Gasteiger partial charge >= 0.3 is 0 Å². The molecule has 0 bridgehead atoms. The lowest BCUT2D eigenvalue weighted by atomic mass is 10.1. The molecule has 0 saturated carbocycles. The number of rotatable bonds is 1. The molecule has 1 heteroatoms. The third kappa shape index (κ3) is 6.89. The third-order valence-electron chi connectivity index (χ3n) is 1.58. The first-order valence-corrected chi connectivity index (χ1v) is 5.94. The maximum Gasteiger partial charge on any atom is 0.0643 e. The van der Waals surface area contributed by atoms with Gasteiger partial charge in [0.1, 0.15) is 0 Å². The molecule has 0 spiro atoms. The molecular formula is C14H25N. The largest absolute Gasteiger partial charge is 0.285 e. The highest BCUT2D eigenvalue weighted by atomic mass is 14.7. The lowest BCUT2D eigenvalue weighted by Gasteiger charge is -2.04. The number of aliphatic imine (C=N–C) groups is 1. The summed E-state index contributed by atoms with van der Waals surface area (Å²) in [4.78, 5) is 4.35. The van der Waals surface area contributed by atoms with E-state index in [4.69, 9.17) is 0 Å². The van der Waals surface area contributed by atoms with Gasteiger partial charge in [0.2, 0.25) is 0 Å². The van der Waals surface area contributed by atoms with Crippen LogP contribution >= 0.6 is 0 Å². The van der Waals surface area contributed by atoms with E-state index in [0.29, 0.717) is 0 Å². The lowest BCUT2D eigenvalue weighted by Crippen LogP contribution is -1.99. The van der Waals surface area contributed by atoms with Gasteiger partial charge in [-0.3, -0.25) is 4.99 Å². The third-order valence-corrected chi connectivity index (χ3v) is 1.58. The highest BCUT2D eigenvalue weighted by molar-refractivity contribution is 6.11. The molecule has 0 aromatic rings. The van der Waals surface area contributed by atoms with Gasteiger partial charge in [-0.15, -0.1) is 0 Å². The van der Waals surface area contributed by atoms with E-state index in [1.54, 1.807) is 0 Å². The SMILES string of the molecule is C/C=C1/C=CC=CC1=NCC.CC.CC. The number of allylic oxidation sites excluding steroid dienone is 6. The van der Waals surface area contributed by atoms with E-state index in [9.17, 15) is 0 Å². The number of hydrogen-bond donors (Lipinski definition) is 0. The van der Waals surface area contributed by atoms with Gasteiger partial charge in [0, 0.05) is 6.54 Å². The molecule has 0 N–H and O–H groups in total. The Labute approximate surface area is 95.3 Å². The van der Waals surface area contributed by atoms with Gasteiger partial charge < -0.3 is 0 Å². The smallest absolute Gasteiger partial charge is 0.0643 e. The van der Waals surface area contributed by atoms with Crippen LogP contribution in [0, 0.1) is 0 Å². The molecule has 1 aliphatic carbocycles. The van der Waals surface area contributed by atoms with Crippen LogP contribution in [-0.2, 0) is 0 Å². The second kappa shape index (κ2) is 12.9. The quantitative estimate of drug-likeness (QED) is 0.597. The zero-order valence-corrected chi connectivity index (χ0v) is 11.0. The van der Waals surface area contributed by atoms with E-state index < -0.39 is 0 Å². The monoisotopic (exact) mass is 207 g/mol. The molecule has 1 aliphatic rings. The van der Waals surface area contributed by atoms with Crippen molar-refractivity contribution in [2.45, 2.75) is 41.5 Å². The Balaban J connectivity index is 0. The van der Waals surface area contributed by atoms with Crippen LogP contribution in [0.3, 0.4) is 0 Å². The predicted molar refractivity (Wildman–Crippen MR) is 72.7 cm³/mol. The van der Waals surface area contributed by atoms with Crippen LogP contribution in [0.2, 0.25) is 0 Å². The molecule has 86 valence electrons. The van der Waals surface area contributed by atoms with Crippen molar-refractivity contribution >= 4 is 5.71 Å². The van der Waals surface area contributed by atoms with E-state index in [1.165, 1.54) is 5.57 Å². The summed E-state index contributed by atoms with van der Waals surface area (Å²) in [5, 5.41) is 0. The molecule has 1 rings (SSSR count). The van der Waals surface area contributed by atoms with Crippen LogP contribution < -0.4 is 0 Å². The van der Waals surface area contributed by atoms with E-state index in [-0.39, 0.29) is 0 Å². The summed E-state index contributed by atoms with van der Waals surface area (Å²) < 4.78 is 0. The molecule has 0 radical (unpaired) electrons. The first-order valence-electron chi connectivity index (χ1n) is 5.94. The second-order valence-corrected chi connectivity index (χ2v) is 2.32. The molecule has 0 heterocycles. The van der Waals surface area contributed by atoms with Gasteiger partial charge in [0.25, 0.3) is 0 Å². The molecule has 0 aromatic carbocycles. The number of nitrogens with zero attached hydrogens (tertiary/aromatic N) is 1. The first kappa shape index (κ1) is 16.3. The molecular weight excluding hydrogens is 182 g/mol. The molecule has 0 amide bonds. The fraction of sp³-hybridized carbons (Fsp3) is 0.500. The van der Waals surface area contributed by atoms with E-state index in [2.05, 4.69) is 17.1 Å². The van der Waals surface area contributed by atoms with Crippen LogP contribution in [-0.4, -0.2) is 12.3 Å². The maximum atomic E-state index is 4.35. The molecule has 0 saturated heterocycles. The van der Waals surface area contributed by atoms with Gasteiger partial charge in [0.15, 0.2) is 0 Å². The van der Waals surface area contributed by atoms with Gasteiger partial charge in [-0.1, -0.05) is 52.0 Å². The van der Waals surface area contributed by atoms with Gasteiger partial charge in [-0.25, -0.2) is 0 Å². The average molecular weight is 207 g/mol. The summed E-state index contributed by atoms with van der Waals surface area (Å²) in [5.74, 6) is 0. The minimum atomic E-state index is 0.852. The molecule has 0 fully saturated rings. The number of hydrogen-bond acceptors (Lipinski definition) is 1. The van der Waals surface area contributed by atoms with Crippen LogP contribution in [0.25, 0.3) is 0 Å². The predicted octanol–water partition coefficient (Wildman–Crippen LogP) is 4.57. The van der Waals surface area contributed by atoms with Gasteiger partial charge in [-0.2, -0.15) is 0 Å². The maximum absolute atomic E-state index is 4.35. The molecule has 1 nitrogen and oxygen atoms in total. The van der Waals surface area contributed by atoms with E-state index in [0.717, 1.165) is 12.3 Å². The van der Waals surface area contributed by atoms with Crippen molar-refractivity contribution in [3.05, 3.63) is 36.0 Å². The Morgan fingerprint density at radius 3 is 2.07 bits per heavy atom. The standard InChI is InChI=1S/C10H13N.2C2H6/c1-3-9-7-5-6-8-10(9)11-4-2;2*1-2/h3,5-8H,4H2,1-2H3;2*1-2H3/b9-3-,11-10?;;. The minimum Gasteiger partial charge on any atom is -0.285 e. The fourth-order valence-corrected chi connectivity index (χ4v) is 1.05. The van der Waals surface area contributed by atoms with E-state index >= 15 is 0 Å². The average Bonchev–Trinajstić information content (AvgIpc) is 2.35. The van der Waals surface area contributed by atoms with Crippen LogP contribution in [0.5, 0.6) is 0 Å². The van der Waals surface area contributed by atoms with Crippen molar-refractivity contribution in [2.75, 3.05) is 6.54 Å². The lowest BCUT2D eigenvalue weighted by molar-refractivity contribution is 1.13. The Bertz CT molecular complexity index is 242. The van der Waals surface area contributed by atoms with Crippen molar-refractivity contribution < 1.29 is 0 Å². The van der Waals surface area contributed by atoms with E-state index in [1.807, 2.05) is 59.8 Å². The van der Waals surface area contributed by atoms with Crippen molar-refractivity contribution in [1.82, 2.24) is 0 Å². The minimum absolute atomic E-state index is 0.852. The Morgan fingerprint density at radius 2 is 1.60 bits per heavy atom. The second-order valence-electron chi connectivity index (χ2n) is 2.32. The van der Waals surface area contributed by atoms with Crippen molar-refractivity contribution in [2.24, 2.45) is 4.99 Å². The fourth-order valence-electron chi connectivity index (χ4n) is 1.05. The summed E-state index contributed by atoms with van der Waals surface area (Å²) >= 11 is 0. The van der Waals surface area contributed by atoms with Crippen LogP contribution in [0.15, 0.2) is 40.9 Å². The summed E-state index contributed by atoms with van der Waals surface area (Å²) in [7, 11) is 0. The van der Waals surface area contributed by atoms with Gasteiger partial charge in [-0.05, 0) is 25.5 Å². The highest BCUT2D eigenvalue weighted by Crippen LogP contribution is 2.07. The zero-order chi connectivity index (χ0) is 12.1. The Hall–Kier alpha value is -1.11. The summed E-state index contributed by atoms with van der Waals surface area (Å²) in [6.07, 6.45) is 10.2. The zero-order valence-electron chi connectivity index (χ0n) is 11.0. The summed E-state index contributed by atoms with van der Waals surface area (Å²) in [6, 6.07) is 0.